The first kappa shape index (κ1) is 23.8. The van der Waals surface area contributed by atoms with Crippen molar-refractivity contribution in [1.82, 2.24) is 0 Å². The van der Waals surface area contributed by atoms with E-state index in [1.165, 1.54) is 6.92 Å². The fraction of sp³-hybridized carbons (Fsp3) is 0.882. The molecule has 13 heteroatoms. The Labute approximate surface area is 222 Å². The molecule has 0 radical (unpaired) electrons. The summed E-state index contributed by atoms with van der Waals surface area (Å²) in [5.74, 6) is -0.937. The minimum atomic E-state index is -2.01. The van der Waals surface area contributed by atoms with Crippen LogP contribution in [0.25, 0.3) is 0 Å². The van der Waals surface area contributed by atoms with Crippen molar-refractivity contribution >= 4 is 128 Å². The summed E-state index contributed by atoms with van der Waals surface area (Å²) in [6.45, 7) is 3.02. The summed E-state index contributed by atoms with van der Waals surface area (Å²) in [6, 6.07) is 0. The van der Waals surface area contributed by atoms with E-state index in [0.29, 0.717) is 0 Å². The van der Waals surface area contributed by atoms with Crippen LogP contribution in [-0.4, -0.2) is 60.7 Å². The predicted octanol–water partition coefficient (Wildman–Crippen LogP) is 6.11. The minimum absolute atomic E-state index is 0.0369. The van der Waals surface area contributed by atoms with Crippen molar-refractivity contribution in [3.05, 3.63) is 0 Å². The Hall–Kier alpha value is 2.04. The molecule has 0 amide bonds. The van der Waals surface area contributed by atoms with Crippen LogP contribution in [0.5, 0.6) is 0 Å². The summed E-state index contributed by atoms with van der Waals surface area (Å²) in [5.41, 5.74) is -1.77. The molecule has 168 valence electrons. The van der Waals surface area contributed by atoms with Gasteiger partial charge in [-0.05, 0) is 13.3 Å². The molecule has 0 aromatic carbocycles. The molecule has 6 rings (SSSR count). The van der Waals surface area contributed by atoms with Crippen LogP contribution in [0, 0.1) is 0 Å². The lowest BCUT2D eigenvalue weighted by atomic mass is 9.41. The molecule has 0 N–H and O–H groups in total. The second-order valence-electron chi connectivity index (χ2n) is 8.70. The van der Waals surface area contributed by atoms with Crippen molar-refractivity contribution in [3.8, 4) is 0 Å². The second kappa shape index (κ2) is 5.40. The van der Waals surface area contributed by atoms with E-state index in [4.69, 9.17) is 121 Å². The SMILES string of the molecule is CCC1(OC(=O)CCC(C)=O)C2(Cl)C3(Cl)C4(Cl)C(Cl)(Cl)C5(Cl)C3(Cl)C1(Cl)C5(Cl)C42Cl. The van der Waals surface area contributed by atoms with Crippen LogP contribution < -0.4 is 0 Å². The number of hydrogen-bond acceptors (Lipinski definition) is 3. The van der Waals surface area contributed by atoms with Gasteiger partial charge in [-0.3, -0.25) is 4.79 Å². The monoisotopic (exact) mass is 614 g/mol. The first-order chi connectivity index (χ1) is 13.4. The third-order valence-electron chi connectivity index (χ3n) is 8.19. The maximum Gasteiger partial charge on any atom is 0.306 e. The third-order valence-corrected chi connectivity index (χ3v) is 17.5. The molecule has 6 fully saturated rings. The molecule has 3 nitrogen and oxygen atoms in total. The summed E-state index contributed by atoms with van der Waals surface area (Å²) in [7, 11) is 0. The van der Waals surface area contributed by atoms with Gasteiger partial charge in [0, 0.05) is 6.42 Å². The van der Waals surface area contributed by atoms with Crippen LogP contribution in [0.3, 0.4) is 0 Å². The van der Waals surface area contributed by atoms with Gasteiger partial charge in [-0.25, -0.2) is 0 Å². The minimum Gasteiger partial charge on any atom is -0.455 e. The normalized spacial score (nSPS) is 64.8. The number of Topliss-reactive ketones (excluding diaryl/α,β-unsaturated/α-hetero) is 1. The van der Waals surface area contributed by atoms with Gasteiger partial charge in [-0.2, -0.15) is 0 Å². The van der Waals surface area contributed by atoms with Gasteiger partial charge < -0.3 is 9.53 Å². The number of hydrogen-bond donors (Lipinski definition) is 0. The van der Waals surface area contributed by atoms with Crippen molar-refractivity contribution in [1.29, 1.82) is 0 Å². The van der Waals surface area contributed by atoms with Gasteiger partial charge in [0.05, 0.1) is 6.42 Å². The van der Waals surface area contributed by atoms with E-state index in [0.717, 1.165) is 0 Å². The molecule has 6 aliphatic carbocycles. The van der Waals surface area contributed by atoms with Crippen molar-refractivity contribution in [3.63, 3.8) is 0 Å². The fourth-order valence-electron chi connectivity index (χ4n) is 7.35. The Morgan fingerprint density at radius 3 is 1.30 bits per heavy atom. The lowest BCUT2D eigenvalue weighted by Crippen LogP contribution is -3.03. The topological polar surface area (TPSA) is 43.4 Å². The molecule has 4 atom stereocenters. The molecule has 0 heterocycles. The van der Waals surface area contributed by atoms with Gasteiger partial charge >= 0.3 is 5.97 Å². The van der Waals surface area contributed by atoms with Gasteiger partial charge in [-0.1, -0.05) is 30.1 Å². The molecular formula is C17H12Cl10O3. The molecule has 0 aromatic rings. The lowest BCUT2D eigenvalue weighted by Gasteiger charge is -2.81. The Balaban J connectivity index is 1.78. The average Bonchev–Trinajstić information content (AvgIpc) is 2.89. The zero-order valence-corrected chi connectivity index (χ0v) is 22.7. The summed E-state index contributed by atoms with van der Waals surface area (Å²) >= 11 is 70.0. The smallest absolute Gasteiger partial charge is 0.306 e. The summed E-state index contributed by atoms with van der Waals surface area (Å²) < 4.78 is 3.88. The number of alkyl halides is 10. The van der Waals surface area contributed by atoms with Gasteiger partial charge in [0.2, 0.25) is 0 Å². The van der Waals surface area contributed by atoms with Gasteiger partial charge in [0.1, 0.15) is 44.8 Å². The number of esters is 1. The summed E-state index contributed by atoms with van der Waals surface area (Å²) in [4.78, 5) is 8.97. The number of ether oxygens (including phenoxy) is 1. The van der Waals surface area contributed by atoms with Gasteiger partial charge in [-0.15, -0.1) is 92.8 Å². The van der Waals surface area contributed by atoms with E-state index in [-0.39, 0.29) is 25.0 Å². The maximum atomic E-state index is 12.7. The van der Waals surface area contributed by atoms with Gasteiger partial charge in [0.25, 0.3) is 0 Å². The third kappa shape index (κ3) is 1.27. The van der Waals surface area contributed by atoms with E-state index in [1.54, 1.807) is 6.92 Å². The number of rotatable bonds is 5. The summed E-state index contributed by atoms with van der Waals surface area (Å²) in [6.07, 6.45) is -0.209. The molecule has 30 heavy (non-hydrogen) atoms. The highest BCUT2D eigenvalue weighted by Crippen LogP contribution is 3.12. The number of carbonyl (C=O) groups is 2. The molecule has 0 spiro atoms. The highest BCUT2D eigenvalue weighted by molar-refractivity contribution is 6.78. The van der Waals surface area contributed by atoms with E-state index in [9.17, 15) is 9.59 Å². The Morgan fingerprint density at radius 2 is 1.00 bits per heavy atom. The lowest BCUT2D eigenvalue weighted by molar-refractivity contribution is -0.168. The molecule has 6 aliphatic rings. The van der Waals surface area contributed by atoms with Gasteiger partial charge in [0.15, 0.2) is 9.93 Å². The van der Waals surface area contributed by atoms with Crippen LogP contribution >= 0.6 is 116 Å². The first-order valence-corrected chi connectivity index (χ1v) is 12.8. The van der Waals surface area contributed by atoms with E-state index in [1.807, 2.05) is 0 Å². The Kier molecular flexibility index (Phi) is 4.28. The molecule has 0 aliphatic heterocycles. The van der Waals surface area contributed by atoms with Crippen LogP contribution in [0.1, 0.15) is 33.1 Å². The zero-order valence-electron chi connectivity index (χ0n) is 15.1. The largest absolute Gasteiger partial charge is 0.455 e. The molecule has 0 saturated heterocycles. The number of halogens is 10. The highest BCUT2D eigenvalue weighted by atomic mass is 35.5. The number of carbonyl (C=O) groups excluding carboxylic acids is 2. The second-order valence-corrected chi connectivity index (χ2v) is 14.6. The van der Waals surface area contributed by atoms with Crippen LogP contribution in [0.2, 0.25) is 0 Å². The molecule has 6 saturated carbocycles. The van der Waals surface area contributed by atoms with E-state index in [2.05, 4.69) is 0 Å². The quantitative estimate of drug-likeness (QED) is 0.276. The average molecular weight is 619 g/mol. The van der Waals surface area contributed by atoms with E-state index < -0.39 is 54.9 Å². The van der Waals surface area contributed by atoms with Crippen LogP contribution in [0.15, 0.2) is 0 Å². The number of ketones is 1. The standard InChI is InChI=1S/C17H12Cl10O3/c1-3-8(30-7(29)5-4-6(2)28)9(18)11(20)13(22)10(8,19)14(23)12(9,21)15(11,24)17(26,27)16(13,14)25/h3-5H2,1-2H3. The van der Waals surface area contributed by atoms with Crippen molar-refractivity contribution in [2.75, 3.05) is 0 Å². The molecule has 4 unspecified atom stereocenters. The fourth-order valence-corrected chi connectivity index (χ4v) is 16.4. The van der Waals surface area contributed by atoms with E-state index >= 15 is 0 Å². The zero-order chi connectivity index (χ0) is 23.0. The molecular weight excluding hydrogens is 607 g/mol. The van der Waals surface area contributed by atoms with Crippen molar-refractivity contribution in [2.24, 2.45) is 0 Å². The Morgan fingerprint density at radius 1 is 0.633 bits per heavy atom. The predicted molar refractivity (Wildman–Crippen MR) is 122 cm³/mol. The first-order valence-electron chi connectivity index (χ1n) is 8.97. The molecule has 0 aromatic heterocycles. The van der Waals surface area contributed by atoms with Crippen molar-refractivity contribution < 1.29 is 14.3 Å². The maximum absolute atomic E-state index is 12.7. The highest BCUT2D eigenvalue weighted by Gasteiger charge is 3.32. The Bertz CT molecular complexity index is 881. The van der Waals surface area contributed by atoms with Crippen LogP contribution in [0.4, 0.5) is 0 Å². The van der Waals surface area contributed by atoms with Crippen molar-refractivity contribution in [2.45, 2.75) is 82.0 Å². The summed E-state index contributed by atoms with van der Waals surface area (Å²) in [5, 5.41) is 0. The molecule has 4 bridgehead atoms. The van der Waals surface area contributed by atoms with Crippen LogP contribution in [-0.2, 0) is 14.3 Å².